The van der Waals surface area contributed by atoms with E-state index in [1.165, 1.54) is 17.0 Å². The van der Waals surface area contributed by atoms with E-state index in [1.807, 2.05) is 6.07 Å². The summed E-state index contributed by atoms with van der Waals surface area (Å²) in [5.41, 5.74) is 0.719. The van der Waals surface area contributed by atoms with E-state index in [0.29, 0.717) is 0 Å². The van der Waals surface area contributed by atoms with Crippen LogP contribution < -0.4 is 4.72 Å². The molecular formula is C22H23ClN2O5S. The van der Waals surface area contributed by atoms with Crippen molar-refractivity contribution in [3.8, 4) is 0 Å². The topological polar surface area (TPSA) is 92.8 Å². The highest BCUT2D eigenvalue weighted by Crippen LogP contribution is 2.23. The molecule has 164 valence electrons. The van der Waals surface area contributed by atoms with E-state index in [1.54, 1.807) is 36.4 Å². The van der Waals surface area contributed by atoms with E-state index in [0.717, 1.165) is 11.6 Å². The van der Waals surface area contributed by atoms with E-state index in [4.69, 9.17) is 16.3 Å². The molecule has 0 aliphatic rings. The second-order valence-corrected chi connectivity index (χ2v) is 8.55. The van der Waals surface area contributed by atoms with Crippen LogP contribution >= 0.6 is 11.6 Å². The summed E-state index contributed by atoms with van der Waals surface area (Å²) in [6.45, 7) is 7.26. The first-order valence-electron chi connectivity index (χ1n) is 9.28. The molecule has 2 aromatic rings. The van der Waals surface area contributed by atoms with Crippen molar-refractivity contribution in [2.75, 3.05) is 19.7 Å². The third-order valence-corrected chi connectivity index (χ3v) is 6.03. The van der Waals surface area contributed by atoms with Crippen LogP contribution in [0.25, 0.3) is 0 Å². The molecule has 0 saturated heterocycles. The molecule has 1 amide bonds. The lowest BCUT2D eigenvalue weighted by atomic mass is 10.2. The lowest BCUT2D eigenvalue weighted by Gasteiger charge is -2.19. The number of hydrogen-bond acceptors (Lipinski definition) is 5. The highest BCUT2D eigenvalue weighted by Gasteiger charge is 2.21. The second kappa shape index (κ2) is 11.5. The zero-order chi connectivity index (χ0) is 22.9. The molecule has 9 heteroatoms. The van der Waals surface area contributed by atoms with Gasteiger partial charge in [0.05, 0.1) is 10.6 Å². The lowest BCUT2D eigenvalue weighted by Crippen LogP contribution is -2.35. The lowest BCUT2D eigenvalue weighted by molar-refractivity contribution is -0.133. The molecule has 1 N–H and O–H groups in total. The summed E-state index contributed by atoms with van der Waals surface area (Å²) in [4.78, 5) is 25.7. The molecule has 7 nitrogen and oxygen atoms in total. The van der Waals surface area contributed by atoms with Crippen LogP contribution in [0.1, 0.15) is 15.9 Å². The van der Waals surface area contributed by atoms with Gasteiger partial charge >= 0.3 is 5.97 Å². The molecule has 31 heavy (non-hydrogen) atoms. The van der Waals surface area contributed by atoms with Crippen molar-refractivity contribution in [1.29, 1.82) is 0 Å². The number of benzene rings is 2. The third-order valence-electron chi connectivity index (χ3n) is 4.14. The quantitative estimate of drug-likeness (QED) is 0.409. The number of halogens is 1. The van der Waals surface area contributed by atoms with Crippen LogP contribution in [0.2, 0.25) is 5.02 Å². The van der Waals surface area contributed by atoms with Crippen LogP contribution in [0.4, 0.5) is 0 Å². The first kappa shape index (κ1) is 24.3. The zero-order valence-electron chi connectivity index (χ0n) is 16.8. The summed E-state index contributed by atoms with van der Waals surface area (Å²) >= 11 is 6.05. The number of hydrogen-bond donors (Lipinski definition) is 1. The number of rotatable bonds is 11. The van der Waals surface area contributed by atoms with Crippen LogP contribution in [0.15, 0.2) is 78.7 Å². The highest BCUT2D eigenvalue weighted by atomic mass is 35.5. The molecule has 0 aromatic heterocycles. The third kappa shape index (κ3) is 7.06. The number of esters is 1. The maximum absolute atomic E-state index is 12.7. The molecule has 0 bridgehead atoms. The predicted molar refractivity (Wildman–Crippen MR) is 119 cm³/mol. The number of nitrogens with zero attached hydrogens (tertiary/aromatic N) is 1. The fourth-order valence-electron chi connectivity index (χ4n) is 2.58. The minimum absolute atomic E-state index is 0.0451. The number of ether oxygens (including phenoxy) is 1. The first-order valence-corrected chi connectivity index (χ1v) is 11.1. The van der Waals surface area contributed by atoms with Gasteiger partial charge in [-0.15, -0.1) is 13.2 Å². The average Bonchev–Trinajstić information content (AvgIpc) is 2.76. The van der Waals surface area contributed by atoms with Gasteiger partial charge < -0.3 is 9.64 Å². The molecule has 0 saturated carbocycles. The minimum atomic E-state index is -3.99. The number of amides is 1. The first-order chi connectivity index (χ1) is 14.8. The summed E-state index contributed by atoms with van der Waals surface area (Å²) in [7, 11) is -3.99. The second-order valence-electron chi connectivity index (χ2n) is 6.41. The van der Waals surface area contributed by atoms with Gasteiger partial charge in [0.15, 0.2) is 6.61 Å². The molecule has 0 unspecified atom stereocenters. The van der Waals surface area contributed by atoms with Crippen molar-refractivity contribution in [1.82, 2.24) is 9.62 Å². The number of nitrogens with one attached hydrogen (secondary N) is 1. The Hall–Kier alpha value is -2.94. The molecular weight excluding hydrogens is 440 g/mol. The minimum Gasteiger partial charge on any atom is -0.452 e. The summed E-state index contributed by atoms with van der Waals surface area (Å²) < 4.78 is 32.8. The number of carbonyl (C=O) groups is 2. The molecule has 0 atom stereocenters. The van der Waals surface area contributed by atoms with Crippen molar-refractivity contribution in [2.45, 2.75) is 11.4 Å². The maximum atomic E-state index is 12.7. The van der Waals surface area contributed by atoms with Crippen LogP contribution in [0.5, 0.6) is 0 Å². The Kier molecular flexibility index (Phi) is 8.99. The molecule has 0 radical (unpaired) electrons. The molecule has 0 heterocycles. The van der Waals surface area contributed by atoms with Gasteiger partial charge in [-0.1, -0.05) is 54.1 Å². The van der Waals surface area contributed by atoms with Crippen LogP contribution in [0.3, 0.4) is 0 Å². The Labute approximate surface area is 187 Å². The molecule has 0 fully saturated rings. The molecule has 0 aliphatic carbocycles. The van der Waals surface area contributed by atoms with E-state index in [9.17, 15) is 18.0 Å². The van der Waals surface area contributed by atoms with Crippen molar-refractivity contribution in [3.05, 3.63) is 90.0 Å². The van der Waals surface area contributed by atoms with E-state index < -0.39 is 28.5 Å². The van der Waals surface area contributed by atoms with Gasteiger partial charge in [-0.3, -0.25) is 4.79 Å². The Morgan fingerprint density at radius 1 is 1.06 bits per heavy atom. The van der Waals surface area contributed by atoms with E-state index in [2.05, 4.69) is 17.9 Å². The van der Waals surface area contributed by atoms with Gasteiger partial charge in [-0.2, -0.15) is 0 Å². The largest absolute Gasteiger partial charge is 0.452 e. The standard InChI is InChI=1S/C22H23ClN2O5S/c1-3-12-25(13-4-2)21(26)16-30-22(27)18-10-11-19(23)20(14-18)31(28,29)24-15-17-8-6-5-7-9-17/h3-11,14,24H,1-2,12-13,15-16H2. The van der Waals surface area contributed by atoms with E-state index in [-0.39, 0.29) is 35.1 Å². The fraction of sp³-hybridized carbons (Fsp3) is 0.182. The Bertz CT molecular complexity index is 1040. The Morgan fingerprint density at radius 2 is 1.71 bits per heavy atom. The summed E-state index contributed by atoms with van der Waals surface area (Å²) in [6, 6.07) is 12.7. The fourth-order valence-corrected chi connectivity index (χ4v) is 4.12. The van der Waals surface area contributed by atoms with Crippen molar-refractivity contribution in [2.24, 2.45) is 0 Å². The van der Waals surface area contributed by atoms with Gasteiger partial charge in [0.2, 0.25) is 10.0 Å². The molecule has 0 spiro atoms. The molecule has 2 aromatic carbocycles. The van der Waals surface area contributed by atoms with Crippen molar-refractivity contribution in [3.63, 3.8) is 0 Å². The Morgan fingerprint density at radius 3 is 2.32 bits per heavy atom. The predicted octanol–water partition coefficient (Wildman–Crippen LogP) is 3.18. The smallest absolute Gasteiger partial charge is 0.338 e. The summed E-state index contributed by atoms with van der Waals surface area (Å²) in [6.07, 6.45) is 3.09. The van der Waals surface area contributed by atoms with Crippen LogP contribution in [-0.4, -0.2) is 44.9 Å². The Balaban J connectivity index is 2.10. The molecule has 0 aliphatic heterocycles. The van der Waals surface area contributed by atoms with Gasteiger partial charge in [-0.25, -0.2) is 17.9 Å². The highest BCUT2D eigenvalue weighted by molar-refractivity contribution is 7.89. The normalized spacial score (nSPS) is 10.9. The summed E-state index contributed by atoms with van der Waals surface area (Å²) in [5, 5.41) is -0.0451. The van der Waals surface area contributed by atoms with E-state index >= 15 is 0 Å². The SMILES string of the molecule is C=CCN(CC=C)C(=O)COC(=O)c1ccc(Cl)c(S(=O)(=O)NCc2ccccc2)c1. The van der Waals surface area contributed by atoms with Crippen LogP contribution in [0, 0.1) is 0 Å². The number of carbonyl (C=O) groups excluding carboxylic acids is 2. The van der Waals surface area contributed by atoms with Gasteiger partial charge in [0.1, 0.15) is 4.90 Å². The maximum Gasteiger partial charge on any atom is 0.338 e. The monoisotopic (exact) mass is 462 g/mol. The van der Waals surface area contributed by atoms with Gasteiger partial charge in [0, 0.05) is 19.6 Å². The number of sulfonamides is 1. The zero-order valence-corrected chi connectivity index (χ0v) is 18.4. The average molecular weight is 463 g/mol. The van der Waals surface area contributed by atoms with Gasteiger partial charge in [0.25, 0.3) is 5.91 Å². The molecule has 2 rings (SSSR count). The van der Waals surface area contributed by atoms with Crippen molar-refractivity contribution >= 4 is 33.5 Å². The van der Waals surface area contributed by atoms with Crippen LogP contribution in [-0.2, 0) is 26.1 Å². The van der Waals surface area contributed by atoms with Crippen molar-refractivity contribution < 1.29 is 22.7 Å². The van der Waals surface area contributed by atoms with Gasteiger partial charge in [-0.05, 0) is 23.8 Å². The summed E-state index contributed by atoms with van der Waals surface area (Å²) in [5.74, 6) is -1.28.